The Morgan fingerprint density at radius 2 is 2.00 bits per heavy atom. The van der Waals surface area contributed by atoms with E-state index in [1.165, 1.54) is 29.8 Å². The van der Waals surface area contributed by atoms with Crippen LogP contribution in [0.2, 0.25) is 0 Å². The Balaban J connectivity index is 2.36. The van der Waals surface area contributed by atoms with E-state index in [4.69, 9.17) is 5.10 Å². The maximum absolute atomic E-state index is 4.80. The van der Waals surface area contributed by atoms with Gasteiger partial charge < -0.3 is 5.32 Å². The third kappa shape index (κ3) is 2.39. The molecule has 3 nitrogen and oxygen atoms in total. The summed E-state index contributed by atoms with van der Waals surface area (Å²) >= 11 is 0. The average Bonchev–Trinajstić information content (AvgIpc) is 2.67. The van der Waals surface area contributed by atoms with Crippen molar-refractivity contribution in [3.05, 3.63) is 17.0 Å². The zero-order chi connectivity index (χ0) is 12.4. The Labute approximate surface area is 105 Å². The fourth-order valence-corrected chi connectivity index (χ4v) is 2.99. The van der Waals surface area contributed by atoms with E-state index in [-0.39, 0.29) is 0 Å². The summed E-state index contributed by atoms with van der Waals surface area (Å²) in [5.74, 6) is 1.24. The van der Waals surface area contributed by atoms with Gasteiger partial charge in [-0.05, 0) is 51.3 Å². The molecule has 0 aromatic carbocycles. The molecule has 0 amide bonds. The Kier molecular flexibility index (Phi) is 3.87. The van der Waals surface area contributed by atoms with Crippen molar-refractivity contribution in [3.63, 3.8) is 0 Å². The highest BCUT2D eigenvalue weighted by molar-refractivity contribution is 5.30. The van der Waals surface area contributed by atoms with Crippen molar-refractivity contribution >= 4 is 0 Å². The normalized spacial score (nSPS) is 17.9. The van der Waals surface area contributed by atoms with Crippen LogP contribution in [0.4, 0.5) is 0 Å². The summed E-state index contributed by atoms with van der Waals surface area (Å²) < 4.78 is 2.24. The third-order valence-corrected chi connectivity index (χ3v) is 3.85. The lowest BCUT2D eigenvalue weighted by Gasteiger charge is -2.24. The summed E-state index contributed by atoms with van der Waals surface area (Å²) in [6.07, 6.45) is 2.51. The first-order valence-electron chi connectivity index (χ1n) is 6.93. The van der Waals surface area contributed by atoms with Gasteiger partial charge in [0.2, 0.25) is 0 Å². The van der Waals surface area contributed by atoms with E-state index >= 15 is 0 Å². The largest absolute Gasteiger partial charge is 0.317 e. The second-order valence-corrected chi connectivity index (χ2v) is 5.39. The minimum atomic E-state index is 0.531. The van der Waals surface area contributed by atoms with Gasteiger partial charge in [0, 0.05) is 18.2 Å². The van der Waals surface area contributed by atoms with Crippen molar-refractivity contribution in [1.29, 1.82) is 0 Å². The van der Waals surface area contributed by atoms with Crippen LogP contribution in [0.15, 0.2) is 0 Å². The number of aromatic nitrogens is 2. The van der Waals surface area contributed by atoms with Crippen LogP contribution in [0, 0.1) is 6.92 Å². The van der Waals surface area contributed by atoms with Crippen molar-refractivity contribution < 1.29 is 0 Å². The molecule has 1 fully saturated rings. The topological polar surface area (TPSA) is 29.9 Å². The van der Waals surface area contributed by atoms with E-state index in [9.17, 15) is 0 Å². The predicted molar refractivity (Wildman–Crippen MR) is 71.6 cm³/mol. The minimum absolute atomic E-state index is 0.531. The molecule has 0 unspecified atom stereocenters. The second kappa shape index (κ2) is 5.21. The van der Waals surface area contributed by atoms with Gasteiger partial charge in [0.05, 0.1) is 5.69 Å². The van der Waals surface area contributed by atoms with Crippen molar-refractivity contribution in [2.45, 2.75) is 58.9 Å². The van der Waals surface area contributed by atoms with Gasteiger partial charge in [0.1, 0.15) is 0 Å². The summed E-state index contributed by atoms with van der Waals surface area (Å²) in [6, 6.07) is 0. The molecule has 2 heterocycles. The molecule has 0 atom stereocenters. The van der Waals surface area contributed by atoms with Gasteiger partial charge >= 0.3 is 0 Å². The number of piperidine rings is 1. The summed E-state index contributed by atoms with van der Waals surface area (Å²) in [4.78, 5) is 0. The van der Waals surface area contributed by atoms with Crippen LogP contribution in [0.1, 0.15) is 62.4 Å². The molecule has 2 rings (SSSR count). The second-order valence-electron chi connectivity index (χ2n) is 5.39. The Morgan fingerprint density at radius 3 is 2.53 bits per heavy atom. The lowest BCUT2D eigenvalue weighted by Crippen LogP contribution is -2.28. The first-order valence-corrected chi connectivity index (χ1v) is 6.93. The van der Waals surface area contributed by atoms with E-state index in [0.29, 0.717) is 11.8 Å². The number of nitrogens with one attached hydrogen (secondary N) is 1. The summed E-state index contributed by atoms with van der Waals surface area (Å²) in [5.41, 5.74) is 4.23. The Hall–Kier alpha value is -0.830. The van der Waals surface area contributed by atoms with E-state index in [1.54, 1.807) is 0 Å². The van der Waals surface area contributed by atoms with Gasteiger partial charge in [-0.25, -0.2) is 0 Å². The molecule has 1 aliphatic rings. The van der Waals surface area contributed by atoms with E-state index in [2.05, 4.69) is 37.7 Å². The molecule has 0 aliphatic carbocycles. The Morgan fingerprint density at radius 1 is 1.35 bits per heavy atom. The molecule has 1 aliphatic heterocycles. The molecular weight excluding hydrogens is 210 g/mol. The first kappa shape index (κ1) is 12.6. The molecule has 1 saturated heterocycles. The van der Waals surface area contributed by atoms with E-state index in [0.717, 1.165) is 19.6 Å². The maximum Gasteiger partial charge on any atom is 0.0682 e. The molecule has 0 spiro atoms. The molecule has 0 saturated carbocycles. The molecule has 96 valence electrons. The molecule has 0 radical (unpaired) electrons. The van der Waals surface area contributed by atoms with Crippen molar-refractivity contribution in [2.24, 2.45) is 0 Å². The first-order chi connectivity index (χ1) is 8.15. The maximum atomic E-state index is 4.80. The van der Waals surface area contributed by atoms with Crippen LogP contribution >= 0.6 is 0 Å². The van der Waals surface area contributed by atoms with Gasteiger partial charge in [-0.15, -0.1) is 0 Å². The number of hydrogen-bond acceptors (Lipinski definition) is 2. The van der Waals surface area contributed by atoms with Gasteiger partial charge in [0.15, 0.2) is 0 Å². The monoisotopic (exact) mass is 235 g/mol. The number of rotatable bonds is 3. The van der Waals surface area contributed by atoms with Crippen molar-refractivity contribution in [2.75, 3.05) is 13.1 Å². The van der Waals surface area contributed by atoms with Crippen LogP contribution in [-0.4, -0.2) is 22.9 Å². The van der Waals surface area contributed by atoms with Crippen molar-refractivity contribution in [3.8, 4) is 0 Å². The standard InChI is InChI=1S/C14H25N3/c1-5-17-14(12-6-8-15-9-7-12)11(4)13(16-17)10(2)3/h10,12,15H,5-9H2,1-4H3. The SMILES string of the molecule is CCn1nc(C(C)C)c(C)c1C1CCNCC1. The summed E-state index contributed by atoms with van der Waals surface area (Å²) in [5, 5.41) is 8.24. The highest BCUT2D eigenvalue weighted by Crippen LogP contribution is 2.31. The Bertz CT molecular complexity index is 373. The smallest absolute Gasteiger partial charge is 0.0682 e. The molecule has 1 N–H and O–H groups in total. The van der Waals surface area contributed by atoms with Crippen LogP contribution in [0.5, 0.6) is 0 Å². The molecule has 1 aromatic rings. The summed E-state index contributed by atoms with van der Waals surface area (Å²) in [7, 11) is 0. The highest BCUT2D eigenvalue weighted by Gasteiger charge is 2.24. The van der Waals surface area contributed by atoms with Crippen LogP contribution < -0.4 is 5.32 Å². The van der Waals surface area contributed by atoms with Crippen LogP contribution in [-0.2, 0) is 6.54 Å². The van der Waals surface area contributed by atoms with E-state index in [1.807, 2.05) is 0 Å². The van der Waals surface area contributed by atoms with Crippen LogP contribution in [0.25, 0.3) is 0 Å². The van der Waals surface area contributed by atoms with E-state index < -0.39 is 0 Å². The summed E-state index contributed by atoms with van der Waals surface area (Å²) in [6.45, 7) is 12.2. The van der Waals surface area contributed by atoms with Gasteiger partial charge in [-0.2, -0.15) is 5.10 Å². The molecule has 1 aromatic heterocycles. The number of aryl methyl sites for hydroxylation is 1. The predicted octanol–water partition coefficient (Wildman–Crippen LogP) is 2.80. The highest BCUT2D eigenvalue weighted by atomic mass is 15.3. The molecule has 0 bridgehead atoms. The average molecular weight is 235 g/mol. The van der Waals surface area contributed by atoms with Crippen molar-refractivity contribution in [1.82, 2.24) is 15.1 Å². The number of nitrogens with zero attached hydrogens (tertiary/aromatic N) is 2. The third-order valence-electron chi connectivity index (χ3n) is 3.85. The zero-order valence-electron chi connectivity index (χ0n) is 11.6. The fraction of sp³-hybridized carbons (Fsp3) is 0.786. The van der Waals surface area contributed by atoms with Gasteiger partial charge in [-0.3, -0.25) is 4.68 Å². The molecule has 17 heavy (non-hydrogen) atoms. The van der Waals surface area contributed by atoms with Crippen LogP contribution in [0.3, 0.4) is 0 Å². The molecular formula is C14H25N3. The zero-order valence-corrected chi connectivity index (χ0v) is 11.6. The minimum Gasteiger partial charge on any atom is -0.317 e. The number of hydrogen-bond donors (Lipinski definition) is 1. The van der Waals surface area contributed by atoms with Gasteiger partial charge in [0.25, 0.3) is 0 Å². The van der Waals surface area contributed by atoms with Gasteiger partial charge in [-0.1, -0.05) is 13.8 Å². The lowest BCUT2D eigenvalue weighted by molar-refractivity contribution is 0.431. The fourth-order valence-electron chi connectivity index (χ4n) is 2.99. The lowest BCUT2D eigenvalue weighted by atomic mass is 9.90. The quantitative estimate of drug-likeness (QED) is 0.873. The molecule has 3 heteroatoms.